The van der Waals surface area contributed by atoms with Crippen LogP contribution >= 0.6 is 11.3 Å². The van der Waals surface area contributed by atoms with Crippen LogP contribution in [0.4, 0.5) is 5.13 Å². The summed E-state index contributed by atoms with van der Waals surface area (Å²) in [5.74, 6) is -0.151. The zero-order valence-corrected chi connectivity index (χ0v) is 14.3. The predicted molar refractivity (Wildman–Crippen MR) is 88.3 cm³/mol. The van der Waals surface area contributed by atoms with Gasteiger partial charge in [-0.05, 0) is 24.7 Å². The van der Waals surface area contributed by atoms with Gasteiger partial charge in [0.2, 0.25) is 5.91 Å². The molecule has 6 heteroatoms. The third-order valence-electron chi connectivity index (χ3n) is 4.12. The van der Waals surface area contributed by atoms with Gasteiger partial charge in [0.1, 0.15) is 0 Å². The molecule has 0 fully saturated rings. The number of hydrogen-bond donors (Lipinski definition) is 1. The van der Waals surface area contributed by atoms with Crippen LogP contribution in [0.15, 0.2) is 12.5 Å². The number of fused-ring (bicyclic) bond motifs is 1. The van der Waals surface area contributed by atoms with Crippen molar-refractivity contribution in [3.05, 3.63) is 28.8 Å². The van der Waals surface area contributed by atoms with Crippen molar-refractivity contribution in [2.45, 2.75) is 51.4 Å². The van der Waals surface area contributed by atoms with Crippen molar-refractivity contribution in [1.29, 1.82) is 0 Å². The average Bonchev–Trinajstić information content (AvgIpc) is 3.06. The maximum absolute atomic E-state index is 12.6. The smallest absolute Gasteiger partial charge is 0.235 e. The molecule has 1 N–H and O–H groups in total. The van der Waals surface area contributed by atoms with Crippen molar-refractivity contribution in [1.82, 2.24) is 14.5 Å². The van der Waals surface area contributed by atoms with Crippen LogP contribution in [-0.2, 0) is 23.7 Å². The van der Waals surface area contributed by atoms with Gasteiger partial charge >= 0.3 is 0 Å². The van der Waals surface area contributed by atoms with E-state index in [2.05, 4.69) is 36.1 Å². The van der Waals surface area contributed by atoms with Crippen LogP contribution in [0.1, 0.15) is 55.8 Å². The molecule has 1 atom stereocenters. The minimum Gasteiger partial charge on any atom is -0.337 e. The molecule has 0 radical (unpaired) electrons. The van der Waals surface area contributed by atoms with Gasteiger partial charge in [-0.2, -0.15) is 0 Å². The average molecular weight is 318 g/mol. The van der Waals surface area contributed by atoms with Crippen molar-refractivity contribution in [2.24, 2.45) is 7.05 Å². The Labute approximate surface area is 134 Å². The molecule has 1 aliphatic carbocycles. The Bertz CT molecular complexity index is 695. The van der Waals surface area contributed by atoms with E-state index in [1.807, 2.05) is 17.8 Å². The van der Waals surface area contributed by atoms with Crippen molar-refractivity contribution in [3.8, 4) is 0 Å². The lowest BCUT2D eigenvalue weighted by atomic mass is 9.89. The maximum atomic E-state index is 12.6. The molecule has 5 nitrogen and oxygen atoms in total. The number of thiazole rings is 1. The summed E-state index contributed by atoms with van der Waals surface area (Å²) in [6.45, 7) is 6.44. The van der Waals surface area contributed by atoms with Gasteiger partial charge < -0.3 is 9.88 Å². The summed E-state index contributed by atoms with van der Waals surface area (Å²) in [6.07, 6.45) is 6.54. The van der Waals surface area contributed by atoms with Crippen LogP contribution in [-0.4, -0.2) is 20.4 Å². The van der Waals surface area contributed by atoms with E-state index in [0.717, 1.165) is 25.0 Å². The minimum absolute atomic E-state index is 0.00876. The number of aryl methyl sites for hydroxylation is 1. The number of nitrogens with one attached hydrogen (secondary N) is 1. The molecule has 1 amide bonds. The number of hydrogen-bond acceptors (Lipinski definition) is 4. The number of aromatic nitrogens is 3. The van der Waals surface area contributed by atoms with Gasteiger partial charge in [-0.1, -0.05) is 20.8 Å². The van der Waals surface area contributed by atoms with Gasteiger partial charge in [-0.3, -0.25) is 4.79 Å². The van der Waals surface area contributed by atoms with Crippen LogP contribution in [0.25, 0.3) is 0 Å². The van der Waals surface area contributed by atoms with Gasteiger partial charge in [0.05, 0.1) is 17.9 Å². The van der Waals surface area contributed by atoms with Crippen molar-refractivity contribution < 1.29 is 4.79 Å². The van der Waals surface area contributed by atoms with Crippen molar-refractivity contribution in [2.75, 3.05) is 5.32 Å². The monoisotopic (exact) mass is 318 g/mol. The fourth-order valence-electron chi connectivity index (χ4n) is 2.81. The summed E-state index contributed by atoms with van der Waals surface area (Å²) >= 11 is 1.55. The Morgan fingerprint density at radius 3 is 2.86 bits per heavy atom. The van der Waals surface area contributed by atoms with Crippen molar-refractivity contribution >= 4 is 22.4 Å². The van der Waals surface area contributed by atoms with E-state index < -0.39 is 0 Å². The molecule has 3 rings (SSSR count). The first-order valence-corrected chi connectivity index (χ1v) is 8.45. The molecular weight excluding hydrogens is 296 g/mol. The molecule has 2 aromatic heterocycles. The van der Waals surface area contributed by atoms with Gasteiger partial charge in [-0.15, -0.1) is 11.3 Å². The predicted octanol–water partition coefficient (Wildman–Crippen LogP) is 3.23. The number of rotatable bonds is 2. The Balaban J connectivity index is 1.77. The molecular formula is C16H22N4OS. The quantitative estimate of drug-likeness (QED) is 0.925. The highest BCUT2D eigenvalue weighted by atomic mass is 32.1. The van der Waals surface area contributed by atoms with E-state index in [0.29, 0.717) is 5.13 Å². The third-order valence-corrected chi connectivity index (χ3v) is 5.46. The first-order chi connectivity index (χ1) is 10.4. The van der Waals surface area contributed by atoms with E-state index in [4.69, 9.17) is 0 Å². The molecule has 0 saturated heterocycles. The van der Waals surface area contributed by atoms with Crippen LogP contribution in [0.2, 0.25) is 0 Å². The lowest BCUT2D eigenvalue weighted by Crippen LogP contribution is -2.25. The third kappa shape index (κ3) is 2.79. The highest BCUT2D eigenvalue weighted by Crippen LogP contribution is 2.33. The van der Waals surface area contributed by atoms with Crippen LogP contribution in [0.5, 0.6) is 0 Å². The SMILES string of the molecule is Cn1cnc2c1CCCC2C(=O)Nc1ncc(C(C)(C)C)s1. The standard InChI is InChI=1S/C16H22N4OS/c1-16(2,3)12-8-17-15(22-12)19-14(21)10-6-5-7-11-13(10)18-9-20(11)4/h8-10H,5-7H2,1-4H3,(H,17,19,21). The van der Waals surface area contributed by atoms with E-state index in [1.165, 1.54) is 10.6 Å². The summed E-state index contributed by atoms with van der Waals surface area (Å²) in [4.78, 5) is 22.5. The highest BCUT2D eigenvalue weighted by molar-refractivity contribution is 7.15. The summed E-state index contributed by atoms with van der Waals surface area (Å²) in [5, 5.41) is 3.65. The molecule has 0 aromatic carbocycles. The Hall–Kier alpha value is -1.69. The first-order valence-electron chi connectivity index (χ1n) is 7.63. The Morgan fingerprint density at radius 2 is 2.18 bits per heavy atom. The maximum Gasteiger partial charge on any atom is 0.235 e. The molecule has 118 valence electrons. The normalized spacial score (nSPS) is 18.1. The second-order valence-electron chi connectivity index (χ2n) is 6.90. The van der Waals surface area contributed by atoms with Gasteiger partial charge in [-0.25, -0.2) is 9.97 Å². The highest BCUT2D eigenvalue weighted by Gasteiger charge is 2.30. The lowest BCUT2D eigenvalue weighted by Gasteiger charge is -2.21. The van der Waals surface area contributed by atoms with E-state index in [9.17, 15) is 4.79 Å². The Morgan fingerprint density at radius 1 is 1.41 bits per heavy atom. The number of imidazole rings is 1. The fraction of sp³-hybridized carbons (Fsp3) is 0.562. The number of carbonyl (C=O) groups is 1. The second kappa shape index (κ2) is 5.50. The lowest BCUT2D eigenvalue weighted by molar-refractivity contribution is -0.118. The largest absolute Gasteiger partial charge is 0.337 e. The van der Waals surface area contributed by atoms with Gasteiger partial charge in [0.15, 0.2) is 5.13 Å². The van der Waals surface area contributed by atoms with Crippen LogP contribution < -0.4 is 5.32 Å². The van der Waals surface area contributed by atoms with Crippen LogP contribution in [0.3, 0.4) is 0 Å². The molecule has 0 bridgehead atoms. The van der Waals surface area contributed by atoms with Gasteiger partial charge in [0, 0.05) is 23.8 Å². The molecule has 0 spiro atoms. The van der Waals surface area contributed by atoms with E-state index in [-0.39, 0.29) is 17.2 Å². The summed E-state index contributed by atoms with van der Waals surface area (Å²) in [5.41, 5.74) is 2.17. The number of anilines is 1. The number of nitrogens with zero attached hydrogens (tertiary/aromatic N) is 3. The number of amides is 1. The molecule has 0 saturated carbocycles. The minimum atomic E-state index is -0.160. The summed E-state index contributed by atoms with van der Waals surface area (Å²) in [7, 11) is 1.99. The fourth-order valence-corrected chi connectivity index (χ4v) is 3.68. The number of carbonyl (C=O) groups excluding carboxylic acids is 1. The zero-order valence-electron chi connectivity index (χ0n) is 13.5. The molecule has 2 heterocycles. The summed E-state index contributed by atoms with van der Waals surface area (Å²) < 4.78 is 2.02. The van der Waals surface area contributed by atoms with Crippen molar-refractivity contribution in [3.63, 3.8) is 0 Å². The molecule has 1 unspecified atom stereocenters. The van der Waals surface area contributed by atoms with Gasteiger partial charge in [0.25, 0.3) is 0 Å². The van der Waals surface area contributed by atoms with Crippen LogP contribution in [0, 0.1) is 0 Å². The zero-order chi connectivity index (χ0) is 15.9. The molecule has 22 heavy (non-hydrogen) atoms. The molecule has 2 aromatic rings. The second-order valence-corrected chi connectivity index (χ2v) is 7.93. The molecule has 1 aliphatic rings. The topological polar surface area (TPSA) is 59.8 Å². The van der Waals surface area contributed by atoms with E-state index in [1.54, 1.807) is 17.7 Å². The molecule has 0 aliphatic heterocycles. The Kier molecular flexibility index (Phi) is 3.80. The summed E-state index contributed by atoms with van der Waals surface area (Å²) in [6, 6.07) is 0. The van der Waals surface area contributed by atoms with E-state index >= 15 is 0 Å². The first kappa shape index (κ1) is 15.2.